The lowest BCUT2D eigenvalue weighted by molar-refractivity contribution is -0.127. The van der Waals surface area contributed by atoms with Crippen LogP contribution >= 0.6 is 0 Å². The topological polar surface area (TPSA) is 12.0 Å². The highest BCUT2D eigenvalue weighted by molar-refractivity contribution is 5.30. The Morgan fingerprint density at radius 3 is 2.00 bits per heavy atom. The van der Waals surface area contributed by atoms with Gasteiger partial charge in [-0.25, -0.2) is 0 Å². The summed E-state index contributed by atoms with van der Waals surface area (Å²) >= 11 is 0. The van der Waals surface area contributed by atoms with Crippen LogP contribution in [0.5, 0.6) is 0 Å². The molecule has 4 heteroatoms. The van der Waals surface area contributed by atoms with Crippen LogP contribution in [0.4, 0.5) is 13.2 Å². The van der Waals surface area contributed by atoms with Gasteiger partial charge in [0.15, 0.2) is 0 Å². The fourth-order valence-corrected chi connectivity index (χ4v) is 3.72. The van der Waals surface area contributed by atoms with Gasteiger partial charge >= 0.3 is 6.18 Å². The summed E-state index contributed by atoms with van der Waals surface area (Å²) in [5.41, 5.74) is 2.65. The second kappa shape index (κ2) is 4.82. The molecule has 3 rings (SSSR count). The summed E-state index contributed by atoms with van der Waals surface area (Å²) in [4.78, 5) is 0. The van der Waals surface area contributed by atoms with Crippen molar-refractivity contribution in [2.45, 2.75) is 37.9 Å². The fourth-order valence-electron chi connectivity index (χ4n) is 3.72. The lowest BCUT2D eigenvalue weighted by Crippen LogP contribution is -2.43. The first kappa shape index (κ1) is 13.0. The van der Waals surface area contributed by atoms with Crippen LogP contribution in [-0.4, -0.2) is 18.8 Å². The Morgan fingerprint density at radius 2 is 1.53 bits per heavy atom. The molecule has 0 spiro atoms. The zero-order valence-corrected chi connectivity index (χ0v) is 10.7. The SMILES string of the molecule is FC(F)(F)CNC1C2CCC1Cc1ccccc1C2. The van der Waals surface area contributed by atoms with Gasteiger partial charge in [0.05, 0.1) is 6.54 Å². The molecule has 0 aromatic heterocycles. The first-order valence-electron chi connectivity index (χ1n) is 6.90. The van der Waals surface area contributed by atoms with Gasteiger partial charge in [0.25, 0.3) is 0 Å². The summed E-state index contributed by atoms with van der Waals surface area (Å²) < 4.78 is 37.2. The van der Waals surface area contributed by atoms with Gasteiger partial charge in [-0.1, -0.05) is 24.3 Å². The highest BCUT2D eigenvalue weighted by atomic mass is 19.4. The Bertz CT molecular complexity index is 422. The molecule has 1 aromatic carbocycles. The summed E-state index contributed by atoms with van der Waals surface area (Å²) in [5.74, 6) is 0.715. The molecule has 1 saturated carbocycles. The molecule has 19 heavy (non-hydrogen) atoms. The zero-order valence-electron chi connectivity index (χ0n) is 10.7. The van der Waals surface area contributed by atoms with E-state index in [-0.39, 0.29) is 6.04 Å². The summed E-state index contributed by atoms with van der Waals surface area (Å²) in [6, 6.07) is 8.31. The second-order valence-electron chi connectivity index (χ2n) is 5.80. The van der Waals surface area contributed by atoms with Gasteiger partial charge in [0.1, 0.15) is 0 Å². The average molecular weight is 269 g/mol. The van der Waals surface area contributed by atoms with Gasteiger partial charge in [-0.2, -0.15) is 13.2 Å². The number of nitrogens with one attached hydrogen (secondary N) is 1. The minimum atomic E-state index is -4.11. The van der Waals surface area contributed by atoms with Crippen molar-refractivity contribution in [2.24, 2.45) is 11.8 Å². The maximum atomic E-state index is 12.4. The van der Waals surface area contributed by atoms with E-state index in [1.165, 1.54) is 11.1 Å². The zero-order chi connectivity index (χ0) is 13.5. The van der Waals surface area contributed by atoms with Crippen molar-refractivity contribution in [1.82, 2.24) is 5.32 Å². The molecule has 1 fully saturated rings. The molecule has 0 amide bonds. The Morgan fingerprint density at radius 1 is 1.00 bits per heavy atom. The molecule has 0 heterocycles. The van der Waals surface area contributed by atoms with E-state index in [0.29, 0.717) is 11.8 Å². The van der Waals surface area contributed by atoms with Crippen LogP contribution in [-0.2, 0) is 12.8 Å². The number of halogens is 3. The summed E-state index contributed by atoms with van der Waals surface area (Å²) in [7, 11) is 0. The molecule has 2 bridgehead atoms. The standard InChI is InChI=1S/C15H18F3N/c16-15(17,18)9-19-14-12-5-6-13(14)8-11-4-2-1-3-10(11)7-12/h1-4,12-14,19H,5-9H2. The Labute approximate surface area is 111 Å². The van der Waals surface area contributed by atoms with E-state index in [0.717, 1.165) is 25.7 Å². The third-order valence-corrected chi connectivity index (χ3v) is 4.54. The van der Waals surface area contributed by atoms with Crippen LogP contribution in [0.15, 0.2) is 24.3 Å². The largest absolute Gasteiger partial charge is 0.401 e. The van der Waals surface area contributed by atoms with Crippen LogP contribution in [0, 0.1) is 11.8 Å². The Kier molecular flexibility index (Phi) is 3.29. The first-order valence-corrected chi connectivity index (χ1v) is 6.90. The van der Waals surface area contributed by atoms with E-state index >= 15 is 0 Å². The quantitative estimate of drug-likeness (QED) is 0.868. The third kappa shape index (κ3) is 2.78. The van der Waals surface area contributed by atoms with E-state index in [4.69, 9.17) is 0 Å². The van der Waals surface area contributed by atoms with Crippen LogP contribution < -0.4 is 5.32 Å². The highest BCUT2D eigenvalue weighted by Crippen LogP contribution is 2.40. The minimum absolute atomic E-state index is 0.0222. The molecule has 2 unspecified atom stereocenters. The van der Waals surface area contributed by atoms with Gasteiger partial charge in [0, 0.05) is 6.04 Å². The van der Waals surface area contributed by atoms with Gasteiger partial charge in [-0.15, -0.1) is 0 Å². The predicted molar refractivity (Wildman–Crippen MR) is 67.9 cm³/mol. The van der Waals surface area contributed by atoms with E-state index < -0.39 is 12.7 Å². The lowest BCUT2D eigenvalue weighted by atomic mass is 9.94. The Balaban J connectivity index is 1.76. The van der Waals surface area contributed by atoms with Crippen molar-refractivity contribution in [3.63, 3.8) is 0 Å². The normalized spacial score (nSPS) is 29.9. The van der Waals surface area contributed by atoms with Gasteiger partial charge in [0.2, 0.25) is 0 Å². The number of rotatable bonds is 2. The number of alkyl halides is 3. The van der Waals surface area contributed by atoms with E-state index in [1.807, 2.05) is 12.1 Å². The third-order valence-electron chi connectivity index (χ3n) is 4.54. The van der Waals surface area contributed by atoms with E-state index in [9.17, 15) is 13.2 Å². The summed E-state index contributed by atoms with van der Waals surface area (Å²) in [6.07, 6.45) is -0.175. The lowest BCUT2D eigenvalue weighted by Gasteiger charge is -2.24. The van der Waals surface area contributed by atoms with Crippen molar-refractivity contribution < 1.29 is 13.2 Å². The van der Waals surface area contributed by atoms with Crippen molar-refractivity contribution in [3.8, 4) is 0 Å². The van der Waals surface area contributed by atoms with Crippen molar-refractivity contribution in [2.75, 3.05) is 6.54 Å². The number of hydrogen-bond donors (Lipinski definition) is 1. The molecular weight excluding hydrogens is 251 g/mol. The monoisotopic (exact) mass is 269 g/mol. The molecule has 104 valence electrons. The van der Waals surface area contributed by atoms with Crippen LogP contribution in [0.25, 0.3) is 0 Å². The molecule has 1 nitrogen and oxygen atoms in total. The molecule has 0 radical (unpaired) electrons. The van der Waals surface area contributed by atoms with Crippen molar-refractivity contribution >= 4 is 0 Å². The van der Waals surface area contributed by atoms with E-state index in [2.05, 4.69) is 17.4 Å². The highest BCUT2D eigenvalue weighted by Gasteiger charge is 2.40. The fraction of sp³-hybridized carbons (Fsp3) is 0.600. The van der Waals surface area contributed by atoms with Crippen molar-refractivity contribution in [1.29, 1.82) is 0 Å². The minimum Gasteiger partial charge on any atom is -0.305 e. The maximum absolute atomic E-state index is 12.4. The maximum Gasteiger partial charge on any atom is 0.401 e. The molecule has 1 N–H and O–H groups in total. The van der Waals surface area contributed by atoms with Gasteiger partial charge in [-0.05, 0) is 48.6 Å². The molecule has 2 atom stereocenters. The molecular formula is C15H18F3N. The molecule has 2 aliphatic carbocycles. The molecule has 0 aliphatic heterocycles. The predicted octanol–water partition coefficient (Wildman–Crippen LogP) is 3.33. The second-order valence-corrected chi connectivity index (χ2v) is 5.80. The number of fused-ring (bicyclic) bond motifs is 3. The first-order chi connectivity index (χ1) is 9.03. The summed E-state index contributed by atoms with van der Waals surface area (Å²) in [5, 5.41) is 2.77. The van der Waals surface area contributed by atoms with Gasteiger partial charge in [-0.3, -0.25) is 0 Å². The van der Waals surface area contributed by atoms with E-state index in [1.54, 1.807) is 0 Å². The Hall–Kier alpha value is -1.03. The summed E-state index contributed by atoms with van der Waals surface area (Å²) in [6.45, 7) is -0.860. The van der Waals surface area contributed by atoms with Crippen LogP contribution in [0.3, 0.4) is 0 Å². The molecule has 2 aliphatic rings. The van der Waals surface area contributed by atoms with Crippen molar-refractivity contribution in [3.05, 3.63) is 35.4 Å². The molecule has 0 saturated heterocycles. The van der Waals surface area contributed by atoms with Gasteiger partial charge < -0.3 is 5.32 Å². The smallest absolute Gasteiger partial charge is 0.305 e. The van der Waals surface area contributed by atoms with Crippen LogP contribution in [0.1, 0.15) is 24.0 Å². The number of hydrogen-bond acceptors (Lipinski definition) is 1. The number of benzene rings is 1. The average Bonchev–Trinajstić information content (AvgIpc) is 2.61. The van der Waals surface area contributed by atoms with Crippen LogP contribution in [0.2, 0.25) is 0 Å². The molecule has 1 aromatic rings.